The van der Waals surface area contributed by atoms with Crippen molar-refractivity contribution in [2.45, 2.75) is 13.3 Å². The Labute approximate surface area is 178 Å². The summed E-state index contributed by atoms with van der Waals surface area (Å²) < 4.78 is 30.4. The fourth-order valence-corrected chi connectivity index (χ4v) is 2.16. The van der Waals surface area contributed by atoms with Crippen LogP contribution in [-0.4, -0.2) is 49.1 Å². The highest BCUT2D eigenvalue weighted by Gasteiger charge is 2.12. The number of ether oxygens (including phenoxy) is 1. The number of carbonyl (C=O) groups is 2. The van der Waals surface area contributed by atoms with Gasteiger partial charge in [0.1, 0.15) is 18.2 Å². The Morgan fingerprint density at radius 3 is 2.48 bits per heavy atom. The van der Waals surface area contributed by atoms with Gasteiger partial charge in [-0.3, -0.25) is 9.82 Å². The molecule has 9 nitrogen and oxygen atoms in total. The summed E-state index contributed by atoms with van der Waals surface area (Å²) in [6, 6.07) is 5.08. The molecule has 0 atom stereocenters. The first-order valence-electron chi connectivity index (χ1n) is 9.10. The lowest BCUT2D eigenvalue weighted by molar-refractivity contribution is 0.0480. The minimum Gasteiger partial charge on any atom is -0.461 e. The molecule has 1 aromatic heterocycles. The van der Waals surface area contributed by atoms with E-state index in [9.17, 15) is 18.4 Å². The Morgan fingerprint density at radius 1 is 1.23 bits per heavy atom. The molecule has 0 bridgehead atoms. The van der Waals surface area contributed by atoms with Gasteiger partial charge in [-0.1, -0.05) is 6.92 Å². The first-order valence-corrected chi connectivity index (χ1v) is 9.10. The molecule has 2 aromatic rings. The van der Waals surface area contributed by atoms with Gasteiger partial charge in [-0.2, -0.15) is 5.48 Å². The van der Waals surface area contributed by atoms with E-state index in [1.807, 2.05) is 25.9 Å². The molecule has 1 heterocycles. The predicted molar refractivity (Wildman–Crippen MR) is 108 cm³/mol. The average Bonchev–Trinajstić information content (AvgIpc) is 2.71. The lowest BCUT2D eigenvalue weighted by Gasteiger charge is -2.10. The van der Waals surface area contributed by atoms with Gasteiger partial charge in [0.05, 0.1) is 11.3 Å². The van der Waals surface area contributed by atoms with Crippen molar-refractivity contribution >= 4 is 17.7 Å². The van der Waals surface area contributed by atoms with E-state index in [2.05, 4.69) is 15.1 Å². The second kappa shape index (κ2) is 13.4. The maximum absolute atomic E-state index is 12.6. The smallest absolute Gasteiger partial charge is 0.353 e. The molecule has 31 heavy (non-hydrogen) atoms. The average molecular weight is 435 g/mol. The zero-order valence-corrected chi connectivity index (χ0v) is 17.3. The van der Waals surface area contributed by atoms with Gasteiger partial charge < -0.3 is 15.0 Å². The number of anilines is 1. The molecule has 0 aliphatic carbocycles. The van der Waals surface area contributed by atoms with Gasteiger partial charge >= 0.3 is 18.3 Å². The maximum atomic E-state index is 12.6. The molecular formula is C20H23F2N5O4. The number of amides is 2. The predicted octanol–water partition coefficient (Wildman–Crippen LogP) is 2.86. The van der Waals surface area contributed by atoms with Crippen molar-refractivity contribution in [3.05, 3.63) is 59.4 Å². The molecule has 0 spiro atoms. The molecular weight excluding hydrogens is 412 g/mol. The Morgan fingerprint density at radius 2 is 1.90 bits per heavy atom. The summed E-state index contributed by atoms with van der Waals surface area (Å²) in [5.74, 6) is -1.94. The van der Waals surface area contributed by atoms with Crippen LogP contribution in [0.3, 0.4) is 0 Å². The standard InChI is InChI=1S/C12H18N2O2.C8H5F2N3O2/c1-4-11-10(6-5-7-13-11)12(15)16-9-8-14(2)3;9-5-1-6(10)3-7(2-5)12-8(14)13-15-4-11/h5-7H,4,8-9H2,1-3H3;1-3H,(H2,12,13,14). The molecule has 0 radical (unpaired) electrons. The lowest BCUT2D eigenvalue weighted by Crippen LogP contribution is -2.27. The topological polar surface area (TPSA) is 117 Å². The summed E-state index contributed by atoms with van der Waals surface area (Å²) in [6.45, 7) is 3.11. The highest BCUT2D eigenvalue weighted by atomic mass is 19.1. The highest BCUT2D eigenvalue weighted by Crippen LogP contribution is 2.12. The molecule has 1 aromatic carbocycles. The van der Waals surface area contributed by atoms with Crippen molar-refractivity contribution in [3.8, 4) is 6.26 Å². The van der Waals surface area contributed by atoms with Crippen LogP contribution in [0, 0.1) is 23.2 Å². The molecule has 2 amide bonds. The van der Waals surface area contributed by atoms with E-state index in [1.54, 1.807) is 23.8 Å². The molecule has 2 N–H and O–H groups in total. The Bertz CT molecular complexity index is 898. The van der Waals surface area contributed by atoms with Gasteiger partial charge in [-0.15, -0.1) is 5.26 Å². The Kier molecular flexibility index (Phi) is 11.0. The van der Waals surface area contributed by atoms with E-state index in [0.29, 0.717) is 18.2 Å². The number of nitriles is 1. The van der Waals surface area contributed by atoms with E-state index in [-0.39, 0.29) is 11.7 Å². The number of nitrogens with zero attached hydrogens (tertiary/aromatic N) is 3. The van der Waals surface area contributed by atoms with Crippen LogP contribution in [0.4, 0.5) is 19.3 Å². The number of likely N-dealkylation sites (N-methyl/N-ethyl adjacent to an activating group) is 1. The number of halogens is 2. The lowest BCUT2D eigenvalue weighted by atomic mass is 10.1. The summed E-state index contributed by atoms with van der Waals surface area (Å²) in [7, 11) is 3.88. The highest BCUT2D eigenvalue weighted by molar-refractivity contribution is 5.90. The van der Waals surface area contributed by atoms with Crippen molar-refractivity contribution in [2.75, 3.05) is 32.6 Å². The van der Waals surface area contributed by atoms with Gasteiger partial charge in [0.2, 0.25) is 0 Å². The Balaban J connectivity index is 0.000000311. The normalized spacial score (nSPS) is 9.71. The van der Waals surface area contributed by atoms with E-state index >= 15 is 0 Å². The monoisotopic (exact) mass is 435 g/mol. The van der Waals surface area contributed by atoms with E-state index in [4.69, 9.17) is 10.00 Å². The summed E-state index contributed by atoms with van der Waals surface area (Å²) in [6.07, 6.45) is 3.61. The number of hydroxylamine groups is 1. The molecule has 0 aliphatic heterocycles. The second-order valence-electron chi connectivity index (χ2n) is 6.20. The van der Waals surface area contributed by atoms with E-state index in [0.717, 1.165) is 30.8 Å². The number of benzene rings is 1. The molecule has 2 rings (SSSR count). The second-order valence-corrected chi connectivity index (χ2v) is 6.20. The van der Waals surface area contributed by atoms with Gasteiger partial charge in [0.25, 0.3) is 0 Å². The minimum absolute atomic E-state index is 0.0912. The molecule has 0 unspecified atom stereocenters. The van der Waals surface area contributed by atoms with E-state index in [1.165, 1.54) is 6.26 Å². The van der Waals surface area contributed by atoms with Crippen LogP contribution in [0.5, 0.6) is 0 Å². The van der Waals surface area contributed by atoms with Crippen LogP contribution < -0.4 is 10.8 Å². The van der Waals surface area contributed by atoms with Crippen molar-refractivity contribution in [3.63, 3.8) is 0 Å². The molecule has 11 heteroatoms. The fourth-order valence-electron chi connectivity index (χ4n) is 2.16. The van der Waals surface area contributed by atoms with Crippen LogP contribution in [0.25, 0.3) is 0 Å². The number of urea groups is 1. The third-order valence-electron chi connectivity index (χ3n) is 3.53. The van der Waals surface area contributed by atoms with Crippen molar-refractivity contribution in [1.29, 1.82) is 5.26 Å². The van der Waals surface area contributed by atoms with Gasteiger partial charge in [0, 0.05) is 24.5 Å². The van der Waals surface area contributed by atoms with E-state index < -0.39 is 17.7 Å². The number of hydrogen-bond acceptors (Lipinski definition) is 7. The van der Waals surface area contributed by atoms with Crippen LogP contribution >= 0.6 is 0 Å². The summed E-state index contributed by atoms with van der Waals surface area (Å²) in [5.41, 5.74) is 2.93. The zero-order valence-electron chi connectivity index (χ0n) is 17.3. The minimum atomic E-state index is -0.915. The number of nitrogens with one attached hydrogen (secondary N) is 2. The first kappa shape index (κ1) is 25.3. The number of pyridine rings is 1. The van der Waals surface area contributed by atoms with Gasteiger partial charge in [0.15, 0.2) is 0 Å². The summed E-state index contributed by atoms with van der Waals surface area (Å²) in [5, 5.41) is 9.99. The van der Waals surface area contributed by atoms with Gasteiger partial charge in [-0.05, 0) is 44.8 Å². The van der Waals surface area contributed by atoms with Crippen molar-refractivity contribution < 1.29 is 27.9 Å². The summed E-state index contributed by atoms with van der Waals surface area (Å²) >= 11 is 0. The maximum Gasteiger partial charge on any atom is 0.353 e. The number of esters is 1. The van der Waals surface area contributed by atoms with Crippen LogP contribution in [0.1, 0.15) is 23.0 Å². The van der Waals surface area contributed by atoms with Crippen molar-refractivity contribution in [2.24, 2.45) is 0 Å². The van der Waals surface area contributed by atoms with Crippen molar-refractivity contribution in [1.82, 2.24) is 15.4 Å². The van der Waals surface area contributed by atoms with Gasteiger partial charge in [-0.25, -0.2) is 18.4 Å². The number of rotatable bonds is 7. The number of hydrogen-bond donors (Lipinski definition) is 2. The first-order chi connectivity index (χ1) is 14.8. The third kappa shape index (κ3) is 10.00. The largest absolute Gasteiger partial charge is 0.461 e. The third-order valence-corrected chi connectivity index (χ3v) is 3.53. The number of carbonyl (C=O) groups excluding carboxylic acids is 2. The fraction of sp³-hybridized carbons (Fsp3) is 0.300. The summed E-state index contributed by atoms with van der Waals surface area (Å²) in [4.78, 5) is 32.6. The molecule has 0 fully saturated rings. The molecule has 0 saturated heterocycles. The van der Waals surface area contributed by atoms with Crippen LogP contribution in [0.2, 0.25) is 0 Å². The zero-order chi connectivity index (χ0) is 23.2. The number of aromatic nitrogens is 1. The molecule has 0 aliphatic rings. The number of aryl methyl sites for hydroxylation is 1. The van der Waals surface area contributed by atoms with Crippen LogP contribution in [0.15, 0.2) is 36.5 Å². The SMILES string of the molecule is CCc1ncccc1C(=O)OCCN(C)C.N#CONC(=O)Nc1cc(F)cc(F)c1. The quantitative estimate of drug-likeness (QED) is 0.390. The molecule has 0 saturated carbocycles. The Hall–Kier alpha value is -3.78. The van der Waals surface area contributed by atoms with Crippen LogP contribution in [-0.2, 0) is 16.0 Å². The molecule has 166 valence electrons.